The summed E-state index contributed by atoms with van der Waals surface area (Å²) in [6.45, 7) is 2.87. The molecule has 0 aliphatic carbocycles. The van der Waals surface area contributed by atoms with Crippen LogP contribution in [0.2, 0.25) is 0 Å². The van der Waals surface area contributed by atoms with Gasteiger partial charge in [-0.25, -0.2) is 0 Å². The van der Waals surface area contributed by atoms with Crippen molar-refractivity contribution in [3.8, 4) is 11.5 Å². The van der Waals surface area contributed by atoms with Gasteiger partial charge in [0.1, 0.15) is 17.3 Å². The van der Waals surface area contributed by atoms with Gasteiger partial charge in [-0.15, -0.1) is 10.2 Å². The molecule has 0 saturated carbocycles. The number of hydrogen-bond donors (Lipinski definition) is 1. The van der Waals surface area contributed by atoms with E-state index in [1.165, 1.54) is 18.2 Å². The predicted octanol–water partition coefficient (Wildman–Crippen LogP) is 2.99. The van der Waals surface area contributed by atoms with Crippen LogP contribution in [-0.4, -0.2) is 40.6 Å². The minimum Gasteiger partial charge on any atom is -0.497 e. The van der Waals surface area contributed by atoms with E-state index in [9.17, 15) is 4.79 Å². The smallest absolute Gasteiger partial charge is 0.230 e. The normalized spacial score (nSPS) is 14.8. The third-order valence-corrected chi connectivity index (χ3v) is 5.66. The van der Waals surface area contributed by atoms with Crippen LogP contribution >= 0.6 is 11.8 Å². The number of nitrogens with zero attached hydrogens (tertiary/aromatic N) is 3. The Bertz CT molecular complexity index is 793. The van der Waals surface area contributed by atoms with E-state index in [2.05, 4.69) is 20.1 Å². The lowest BCUT2D eigenvalue weighted by Crippen LogP contribution is -2.28. The molecule has 1 aliphatic heterocycles. The van der Waals surface area contributed by atoms with Gasteiger partial charge in [0.2, 0.25) is 5.91 Å². The molecule has 1 amide bonds. The van der Waals surface area contributed by atoms with Crippen molar-refractivity contribution in [3.63, 3.8) is 0 Å². The molecule has 1 aliphatic rings. The lowest BCUT2D eigenvalue weighted by molar-refractivity contribution is -0.119. The fourth-order valence-corrected chi connectivity index (χ4v) is 4.03. The summed E-state index contributed by atoms with van der Waals surface area (Å²) < 4.78 is 12.8. The van der Waals surface area contributed by atoms with Gasteiger partial charge in [0, 0.05) is 18.5 Å². The van der Waals surface area contributed by atoms with Crippen LogP contribution in [0.15, 0.2) is 23.4 Å². The first kappa shape index (κ1) is 19.5. The molecule has 3 rings (SSSR count). The summed E-state index contributed by atoms with van der Waals surface area (Å²) in [5.41, 5.74) is 0.881. The molecular weight excluding hydrogens is 364 g/mol. The van der Waals surface area contributed by atoms with Gasteiger partial charge in [-0.2, -0.15) is 0 Å². The first-order chi connectivity index (χ1) is 13.1. The number of ether oxygens (including phenoxy) is 2. The summed E-state index contributed by atoms with van der Waals surface area (Å²) in [5.74, 6) is 2.73. The molecule has 0 radical (unpaired) electrons. The highest BCUT2D eigenvalue weighted by molar-refractivity contribution is 7.99. The maximum absolute atomic E-state index is 12.5. The molecule has 2 aromatic rings. The topological polar surface area (TPSA) is 78.3 Å². The standard InChI is InChI=1S/C19H26N4O3S/c1-13(15-11-14(25-2)8-9-16(15)26-3)20-18(24)12-27-19-22-21-17-7-5-4-6-10-23(17)19/h8-9,11,13H,4-7,10,12H2,1-3H3,(H,20,24)/t13-/m1/s1. The van der Waals surface area contributed by atoms with Crippen LogP contribution in [0, 0.1) is 0 Å². The van der Waals surface area contributed by atoms with Crippen LogP contribution < -0.4 is 14.8 Å². The summed E-state index contributed by atoms with van der Waals surface area (Å²) >= 11 is 1.44. The average Bonchev–Trinajstić information content (AvgIpc) is 2.91. The van der Waals surface area contributed by atoms with Gasteiger partial charge in [-0.1, -0.05) is 18.2 Å². The van der Waals surface area contributed by atoms with Crippen molar-refractivity contribution in [1.29, 1.82) is 0 Å². The van der Waals surface area contributed by atoms with Crippen LogP contribution in [-0.2, 0) is 17.8 Å². The second kappa shape index (κ2) is 9.12. The van der Waals surface area contributed by atoms with E-state index in [4.69, 9.17) is 9.47 Å². The van der Waals surface area contributed by atoms with Crippen LogP contribution in [0.4, 0.5) is 0 Å². The monoisotopic (exact) mass is 390 g/mol. The van der Waals surface area contributed by atoms with Crippen molar-refractivity contribution in [2.45, 2.75) is 50.4 Å². The highest BCUT2D eigenvalue weighted by Gasteiger charge is 2.18. The van der Waals surface area contributed by atoms with E-state index >= 15 is 0 Å². The first-order valence-corrected chi connectivity index (χ1v) is 10.2. The fraction of sp³-hybridized carbons (Fsp3) is 0.526. The molecular formula is C19H26N4O3S. The number of fused-ring (bicyclic) bond motifs is 1. The van der Waals surface area contributed by atoms with Crippen molar-refractivity contribution in [2.75, 3.05) is 20.0 Å². The Labute approximate surface area is 163 Å². The molecule has 7 nitrogen and oxygen atoms in total. The molecule has 1 aromatic heterocycles. The zero-order valence-corrected chi connectivity index (χ0v) is 16.8. The minimum atomic E-state index is -0.196. The number of rotatable bonds is 7. The van der Waals surface area contributed by atoms with Crippen molar-refractivity contribution < 1.29 is 14.3 Å². The number of hydrogen-bond acceptors (Lipinski definition) is 6. The number of aryl methyl sites for hydroxylation is 1. The Morgan fingerprint density at radius 2 is 2.11 bits per heavy atom. The molecule has 0 fully saturated rings. The maximum Gasteiger partial charge on any atom is 0.230 e. The van der Waals surface area contributed by atoms with Crippen molar-refractivity contribution in [2.24, 2.45) is 0 Å². The molecule has 146 valence electrons. The van der Waals surface area contributed by atoms with Gasteiger partial charge in [0.25, 0.3) is 0 Å². The number of methoxy groups -OCH3 is 2. The summed E-state index contributed by atoms with van der Waals surface area (Å²) in [6, 6.07) is 5.37. The molecule has 0 saturated heterocycles. The Kier molecular flexibility index (Phi) is 6.60. The number of nitrogens with one attached hydrogen (secondary N) is 1. The molecule has 1 atom stereocenters. The predicted molar refractivity (Wildman–Crippen MR) is 104 cm³/mol. The molecule has 0 unspecified atom stereocenters. The van der Waals surface area contributed by atoms with Gasteiger partial charge in [-0.3, -0.25) is 4.79 Å². The summed E-state index contributed by atoms with van der Waals surface area (Å²) in [5, 5.41) is 12.4. The van der Waals surface area contributed by atoms with E-state index in [1.807, 2.05) is 25.1 Å². The van der Waals surface area contributed by atoms with Crippen LogP contribution in [0.1, 0.15) is 43.6 Å². The number of aromatic nitrogens is 3. The summed E-state index contributed by atoms with van der Waals surface area (Å²) in [6.07, 6.45) is 4.47. The van der Waals surface area contributed by atoms with Gasteiger partial charge < -0.3 is 19.4 Å². The first-order valence-electron chi connectivity index (χ1n) is 9.18. The maximum atomic E-state index is 12.5. The Morgan fingerprint density at radius 3 is 2.89 bits per heavy atom. The van der Waals surface area contributed by atoms with Crippen LogP contribution in [0.25, 0.3) is 0 Å². The number of benzene rings is 1. The third kappa shape index (κ3) is 4.74. The van der Waals surface area contributed by atoms with E-state index < -0.39 is 0 Å². The van der Waals surface area contributed by atoms with Crippen molar-refractivity contribution >= 4 is 17.7 Å². The summed E-state index contributed by atoms with van der Waals surface area (Å²) in [7, 11) is 3.24. The Morgan fingerprint density at radius 1 is 1.26 bits per heavy atom. The van der Waals surface area contributed by atoms with Crippen LogP contribution in [0.3, 0.4) is 0 Å². The third-order valence-electron chi connectivity index (χ3n) is 4.69. The molecule has 1 N–H and O–H groups in total. The molecule has 0 bridgehead atoms. The Balaban J connectivity index is 1.60. The molecule has 2 heterocycles. The largest absolute Gasteiger partial charge is 0.497 e. The molecule has 0 spiro atoms. The van der Waals surface area contributed by atoms with E-state index in [0.29, 0.717) is 5.75 Å². The molecule has 1 aromatic carbocycles. The molecule has 8 heteroatoms. The number of thioether (sulfide) groups is 1. The molecule has 27 heavy (non-hydrogen) atoms. The van der Waals surface area contributed by atoms with Gasteiger partial charge in [-0.05, 0) is 38.0 Å². The fourth-order valence-electron chi connectivity index (χ4n) is 3.23. The minimum absolute atomic E-state index is 0.0525. The van der Waals surface area contributed by atoms with Gasteiger partial charge in [0.15, 0.2) is 5.16 Å². The number of carbonyl (C=O) groups is 1. The number of amides is 1. The lowest BCUT2D eigenvalue weighted by atomic mass is 10.1. The second-order valence-electron chi connectivity index (χ2n) is 6.55. The van der Waals surface area contributed by atoms with E-state index in [1.54, 1.807) is 14.2 Å². The van der Waals surface area contributed by atoms with Gasteiger partial charge in [0.05, 0.1) is 26.0 Å². The SMILES string of the molecule is COc1ccc(OC)c([C@@H](C)NC(=O)CSc2nnc3n2CCCCC3)c1. The van der Waals surface area contributed by atoms with E-state index in [0.717, 1.165) is 53.9 Å². The van der Waals surface area contributed by atoms with Crippen LogP contribution in [0.5, 0.6) is 11.5 Å². The summed E-state index contributed by atoms with van der Waals surface area (Å²) in [4.78, 5) is 12.5. The van der Waals surface area contributed by atoms with Crippen molar-refractivity contribution in [3.05, 3.63) is 29.6 Å². The van der Waals surface area contributed by atoms with Gasteiger partial charge >= 0.3 is 0 Å². The van der Waals surface area contributed by atoms with E-state index in [-0.39, 0.29) is 11.9 Å². The highest BCUT2D eigenvalue weighted by atomic mass is 32.2. The Hall–Kier alpha value is -2.22. The lowest BCUT2D eigenvalue weighted by Gasteiger charge is -2.18. The average molecular weight is 391 g/mol. The van der Waals surface area contributed by atoms with Crippen molar-refractivity contribution in [1.82, 2.24) is 20.1 Å². The zero-order chi connectivity index (χ0) is 19.2. The highest BCUT2D eigenvalue weighted by Crippen LogP contribution is 2.29. The quantitative estimate of drug-likeness (QED) is 0.733. The zero-order valence-electron chi connectivity index (χ0n) is 16.0. The number of carbonyl (C=O) groups excluding carboxylic acids is 1. The second-order valence-corrected chi connectivity index (χ2v) is 7.49.